The third kappa shape index (κ3) is 2.39. The molecular weight excluding hydrogens is 249 g/mol. The van der Waals surface area contributed by atoms with Crippen LogP contribution in [0.1, 0.15) is 5.56 Å². The van der Waals surface area contributed by atoms with Crippen molar-refractivity contribution in [3.8, 4) is 16.9 Å². The zero-order valence-corrected chi connectivity index (χ0v) is 11.8. The number of aryl methyl sites for hydroxylation is 1. The molecule has 0 aromatic heterocycles. The molecular formula is C16H17BNO2. The lowest BCUT2D eigenvalue weighted by Crippen LogP contribution is -2.20. The molecule has 3 rings (SSSR count). The van der Waals surface area contributed by atoms with Gasteiger partial charge in [0.1, 0.15) is 5.75 Å². The van der Waals surface area contributed by atoms with E-state index in [9.17, 15) is 0 Å². The summed E-state index contributed by atoms with van der Waals surface area (Å²) in [5.41, 5.74) is 4.48. The SMILES string of the molecule is COc1ccccc1-c1cc(C)ccc1N1[B]CCO1. The van der Waals surface area contributed by atoms with Crippen LogP contribution in [-0.2, 0) is 4.84 Å². The first-order valence-corrected chi connectivity index (χ1v) is 6.79. The van der Waals surface area contributed by atoms with E-state index in [1.807, 2.05) is 23.2 Å². The van der Waals surface area contributed by atoms with Gasteiger partial charge in [0.05, 0.1) is 19.4 Å². The summed E-state index contributed by atoms with van der Waals surface area (Å²) < 4.78 is 5.49. The van der Waals surface area contributed by atoms with Crippen LogP contribution in [0.2, 0.25) is 6.32 Å². The van der Waals surface area contributed by atoms with Crippen LogP contribution in [0.5, 0.6) is 5.75 Å². The zero-order valence-electron chi connectivity index (χ0n) is 11.8. The molecule has 20 heavy (non-hydrogen) atoms. The first-order valence-electron chi connectivity index (χ1n) is 6.79. The van der Waals surface area contributed by atoms with Crippen molar-refractivity contribution in [1.82, 2.24) is 0 Å². The molecule has 2 aromatic rings. The summed E-state index contributed by atoms with van der Waals surface area (Å²) in [5, 5.41) is 0. The quantitative estimate of drug-likeness (QED) is 0.794. The minimum atomic E-state index is 0.735. The van der Waals surface area contributed by atoms with Crippen LogP contribution in [0.3, 0.4) is 0 Å². The molecule has 0 bridgehead atoms. The van der Waals surface area contributed by atoms with Gasteiger partial charge in [-0.2, -0.15) is 0 Å². The van der Waals surface area contributed by atoms with Crippen molar-refractivity contribution in [3.05, 3.63) is 48.0 Å². The smallest absolute Gasteiger partial charge is 0.288 e. The third-order valence-corrected chi connectivity index (χ3v) is 3.43. The van der Waals surface area contributed by atoms with Crippen molar-refractivity contribution >= 4 is 13.1 Å². The van der Waals surface area contributed by atoms with Gasteiger partial charge in [0.2, 0.25) is 0 Å². The van der Waals surface area contributed by atoms with E-state index >= 15 is 0 Å². The second kappa shape index (κ2) is 5.59. The van der Waals surface area contributed by atoms with E-state index in [0.29, 0.717) is 0 Å². The Balaban J connectivity index is 2.13. The van der Waals surface area contributed by atoms with Crippen molar-refractivity contribution in [2.24, 2.45) is 0 Å². The number of methoxy groups -OCH3 is 1. The maximum atomic E-state index is 5.65. The predicted octanol–water partition coefficient (Wildman–Crippen LogP) is 3.46. The van der Waals surface area contributed by atoms with Crippen LogP contribution < -0.4 is 9.71 Å². The van der Waals surface area contributed by atoms with Gasteiger partial charge in [-0.1, -0.05) is 29.8 Å². The first kappa shape index (κ1) is 13.1. The van der Waals surface area contributed by atoms with Crippen LogP contribution in [0.15, 0.2) is 42.5 Å². The highest BCUT2D eigenvalue weighted by Gasteiger charge is 2.20. The lowest BCUT2D eigenvalue weighted by Gasteiger charge is -2.22. The molecule has 3 nitrogen and oxygen atoms in total. The maximum absolute atomic E-state index is 5.65. The molecule has 2 aromatic carbocycles. The molecule has 0 spiro atoms. The molecule has 0 amide bonds. The largest absolute Gasteiger partial charge is 0.496 e. The summed E-state index contributed by atoms with van der Waals surface area (Å²) in [7, 11) is 3.77. The summed E-state index contributed by atoms with van der Waals surface area (Å²) in [4.78, 5) is 7.51. The first-order chi connectivity index (χ1) is 9.79. The highest BCUT2D eigenvalue weighted by Crippen LogP contribution is 2.37. The van der Waals surface area contributed by atoms with Crippen LogP contribution >= 0.6 is 0 Å². The minimum absolute atomic E-state index is 0.735. The fourth-order valence-electron chi connectivity index (χ4n) is 2.47. The van der Waals surface area contributed by atoms with Gasteiger partial charge in [-0.05, 0) is 31.4 Å². The van der Waals surface area contributed by atoms with Crippen LogP contribution in [-0.4, -0.2) is 21.1 Å². The van der Waals surface area contributed by atoms with E-state index in [-0.39, 0.29) is 0 Å². The Hall–Kier alpha value is -1.94. The highest BCUT2D eigenvalue weighted by molar-refractivity contribution is 6.41. The van der Waals surface area contributed by atoms with E-state index in [1.54, 1.807) is 7.11 Å². The summed E-state index contributed by atoms with van der Waals surface area (Å²) in [6, 6.07) is 14.4. The van der Waals surface area contributed by atoms with Gasteiger partial charge in [0.15, 0.2) is 0 Å². The van der Waals surface area contributed by atoms with Crippen LogP contribution in [0.4, 0.5) is 5.69 Å². The number of para-hydroxylation sites is 1. The Morgan fingerprint density at radius 1 is 1.15 bits per heavy atom. The second-order valence-corrected chi connectivity index (χ2v) is 4.85. The third-order valence-electron chi connectivity index (χ3n) is 3.43. The lowest BCUT2D eigenvalue weighted by atomic mass is 9.88. The van der Waals surface area contributed by atoms with Gasteiger partial charge < -0.3 is 9.71 Å². The number of ether oxygens (including phenoxy) is 1. The fraction of sp³-hybridized carbons (Fsp3) is 0.250. The summed E-state index contributed by atoms with van der Waals surface area (Å²) >= 11 is 0. The molecule has 1 saturated heterocycles. The molecule has 1 heterocycles. The molecule has 0 N–H and O–H groups in total. The summed E-state index contributed by atoms with van der Waals surface area (Å²) in [5.74, 6) is 0.874. The monoisotopic (exact) mass is 266 g/mol. The van der Waals surface area contributed by atoms with Crippen LogP contribution in [0, 0.1) is 6.92 Å². The minimum Gasteiger partial charge on any atom is -0.496 e. The Morgan fingerprint density at radius 2 is 2.00 bits per heavy atom. The Bertz CT molecular complexity index is 609. The van der Waals surface area contributed by atoms with E-state index in [2.05, 4.69) is 38.6 Å². The van der Waals surface area contributed by atoms with E-state index in [4.69, 9.17) is 9.57 Å². The number of benzene rings is 2. The molecule has 0 atom stereocenters. The average Bonchev–Trinajstić information content (AvgIpc) is 3.01. The van der Waals surface area contributed by atoms with Crippen molar-refractivity contribution in [1.29, 1.82) is 0 Å². The fourth-order valence-corrected chi connectivity index (χ4v) is 2.47. The number of rotatable bonds is 3. The van der Waals surface area contributed by atoms with Crippen LogP contribution in [0.25, 0.3) is 11.1 Å². The average molecular weight is 266 g/mol. The number of anilines is 1. The maximum Gasteiger partial charge on any atom is 0.288 e. The van der Waals surface area contributed by atoms with Gasteiger partial charge in [-0.25, -0.2) is 0 Å². The molecule has 4 heteroatoms. The summed E-state index contributed by atoms with van der Waals surface area (Å²) in [6.45, 7) is 2.83. The molecule has 1 radical (unpaired) electrons. The van der Waals surface area contributed by atoms with Crippen molar-refractivity contribution in [2.75, 3.05) is 18.7 Å². The van der Waals surface area contributed by atoms with Gasteiger partial charge >= 0.3 is 0 Å². The molecule has 101 valence electrons. The zero-order chi connectivity index (χ0) is 13.9. The standard InChI is InChI=1S/C16H17BNO2/c1-12-7-8-15(18-17-9-10-20-18)14(11-12)13-5-3-4-6-16(13)19-2/h3-8,11H,9-10H2,1-2H3. The van der Waals surface area contributed by atoms with Crippen molar-refractivity contribution < 1.29 is 9.57 Å². The van der Waals surface area contributed by atoms with Gasteiger partial charge in [-0.15, -0.1) is 0 Å². The molecule has 0 saturated carbocycles. The molecule has 1 fully saturated rings. The van der Waals surface area contributed by atoms with Gasteiger partial charge in [0, 0.05) is 11.1 Å². The number of nitrogens with zero attached hydrogens (tertiary/aromatic N) is 1. The van der Waals surface area contributed by atoms with Gasteiger partial charge in [0.25, 0.3) is 7.41 Å². The molecule has 1 aliphatic rings. The topological polar surface area (TPSA) is 21.7 Å². The van der Waals surface area contributed by atoms with E-state index in [0.717, 1.165) is 35.5 Å². The van der Waals surface area contributed by atoms with Crippen molar-refractivity contribution in [3.63, 3.8) is 0 Å². The van der Waals surface area contributed by atoms with E-state index < -0.39 is 0 Å². The molecule has 0 unspecified atom stereocenters. The normalized spacial score (nSPS) is 14.2. The predicted molar refractivity (Wildman–Crippen MR) is 82.2 cm³/mol. The summed E-state index contributed by atoms with van der Waals surface area (Å²) in [6.07, 6.45) is 0.944. The molecule has 0 aliphatic carbocycles. The van der Waals surface area contributed by atoms with Crippen molar-refractivity contribution in [2.45, 2.75) is 13.2 Å². The lowest BCUT2D eigenvalue weighted by molar-refractivity contribution is 0.185. The number of hydrogen-bond acceptors (Lipinski definition) is 3. The Kier molecular flexibility index (Phi) is 3.65. The van der Waals surface area contributed by atoms with Gasteiger partial charge in [-0.3, -0.25) is 4.84 Å². The second-order valence-electron chi connectivity index (χ2n) is 4.85. The Labute approximate surface area is 120 Å². The number of hydrogen-bond donors (Lipinski definition) is 0. The van der Waals surface area contributed by atoms with E-state index in [1.165, 1.54) is 5.56 Å². The Morgan fingerprint density at radius 3 is 2.75 bits per heavy atom. The molecule has 1 aliphatic heterocycles. The highest BCUT2D eigenvalue weighted by atomic mass is 16.7.